The van der Waals surface area contributed by atoms with Crippen molar-refractivity contribution in [3.63, 3.8) is 0 Å². The fourth-order valence-electron chi connectivity index (χ4n) is 0.936. The van der Waals surface area contributed by atoms with Crippen LogP contribution in [0.4, 0.5) is 0 Å². The summed E-state index contributed by atoms with van der Waals surface area (Å²) in [6.45, 7) is 1.76. The molecule has 5 heteroatoms. The molecule has 0 spiro atoms. The van der Waals surface area contributed by atoms with Gasteiger partial charge in [-0.1, -0.05) is 5.16 Å². The predicted octanol–water partition coefficient (Wildman–Crippen LogP) is 2.04. The van der Waals surface area contributed by atoms with Crippen LogP contribution in [0.25, 0.3) is 0 Å². The minimum Gasteiger partial charge on any atom is -0.339 e. The Hall–Kier alpha value is -0.280. The zero-order valence-electron chi connectivity index (χ0n) is 5.84. The molecule has 1 atom stereocenters. The molecule has 11 heavy (non-hydrogen) atoms. The summed E-state index contributed by atoms with van der Waals surface area (Å²) >= 11 is 11.6. The maximum atomic E-state index is 5.79. The van der Waals surface area contributed by atoms with Gasteiger partial charge < -0.3 is 4.52 Å². The predicted molar refractivity (Wildman–Crippen MR) is 40.8 cm³/mol. The van der Waals surface area contributed by atoms with E-state index in [0.29, 0.717) is 18.1 Å². The second kappa shape index (κ2) is 2.11. The molecule has 0 aliphatic heterocycles. The maximum Gasteiger partial charge on any atom is 0.232 e. The van der Waals surface area contributed by atoms with E-state index in [9.17, 15) is 0 Å². The highest BCUT2D eigenvalue weighted by molar-refractivity contribution is 6.51. The van der Waals surface area contributed by atoms with Gasteiger partial charge in [0.05, 0.1) is 5.92 Å². The molecule has 1 aliphatic carbocycles. The van der Waals surface area contributed by atoms with Crippen molar-refractivity contribution < 1.29 is 4.52 Å². The Morgan fingerprint density at radius 1 is 1.64 bits per heavy atom. The van der Waals surface area contributed by atoms with Crippen molar-refractivity contribution in [1.29, 1.82) is 0 Å². The number of aromatic nitrogens is 2. The number of hydrogen-bond donors (Lipinski definition) is 0. The number of halogens is 2. The van der Waals surface area contributed by atoms with Gasteiger partial charge in [0.1, 0.15) is 4.33 Å². The van der Waals surface area contributed by atoms with Crippen LogP contribution in [0.1, 0.15) is 24.1 Å². The molecule has 1 saturated carbocycles. The molecular weight excluding hydrogens is 187 g/mol. The van der Waals surface area contributed by atoms with E-state index in [1.54, 1.807) is 6.92 Å². The Balaban J connectivity index is 2.20. The van der Waals surface area contributed by atoms with Gasteiger partial charge in [0, 0.05) is 0 Å². The molecule has 1 unspecified atom stereocenters. The lowest BCUT2D eigenvalue weighted by Crippen LogP contribution is -1.89. The Labute approximate surface area is 73.7 Å². The van der Waals surface area contributed by atoms with E-state index in [0.717, 1.165) is 0 Å². The highest BCUT2D eigenvalue weighted by atomic mass is 35.5. The van der Waals surface area contributed by atoms with Crippen LogP contribution in [0.2, 0.25) is 0 Å². The van der Waals surface area contributed by atoms with Crippen molar-refractivity contribution in [3.8, 4) is 0 Å². The molecule has 0 bridgehead atoms. The van der Waals surface area contributed by atoms with E-state index >= 15 is 0 Å². The SMILES string of the molecule is Cc1noc(C2CC2(Cl)Cl)n1. The first kappa shape index (κ1) is 7.37. The number of nitrogens with zero attached hydrogens (tertiary/aromatic N) is 2. The molecule has 0 amide bonds. The van der Waals surface area contributed by atoms with Gasteiger partial charge in [-0.15, -0.1) is 23.2 Å². The van der Waals surface area contributed by atoms with Crippen molar-refractivity contribution in [2.75, 3.05) is 0 Å². The van der Waals surface area contributed by atoms with E-state index < -0.39 is 4.33 Å². The van der Waals surface area contributed by atoms with Gasteiger partial charge >= 0.3 is 0 Å². The average molecular weight is 193 g/mol. The van der Waals surface area contributed by atoms with Crippen LogP contribution in [0.3, 0.4) is 0 Å². The van der Waals surface area contributed by atoms with Crippen molar-refractivity contribution in [3.05, 3.63) is 11.7 Å². The van der Waals surface area contributed by atoms with E-state index in [-0.39, 0.29) is 5.92 Å². The largest absolute Gasteiger partial charge is 0.339 e. The lowest BCUT2D eigenvalue weighted by atomic mass is 10.4. The third-order valence-corrected chi connectivity index (χ3v) is 2.50. The van der Waals surface area contributed by atoms with Crippen LogP contribution in [-0.2, 0) is 0 Å². The third kappa shape index (κ3) is 1.23. The van der Waals surface area contributed by atoms with Gasteiger partial charge in [-0.05, 0) is 13.3 Å². The number of aryl methyl sites for hydroxylation is 1. The summed E-state index contributed by atoms with van der Waals surface area (Å²) in [5.74, 6) is 1.20. The average Bonchev–Trinajstić information content (AvgIpc) is 2.39. The lowest BCUT2D eigenvalue weighted by Gasteiger charge is -1.90. The molecule has 1 heterocycles. The second-order valence-corrected chi connectivity index (χ2v) is 4.24. The summed E-state index contributed by atoms with van der Waals surface area (Å²) in [5, 5.41) is 3.64. The molecule has 1 aromatic rings. The first-order valence-electron chi connectivity index (χ1n) is 3.27. The first-order valence-corrected chi connectivity index (χ1v) is 4.03. The monoisotopic (exact) mass is 192 g/mol. The quantitative estimate of drug-likeness (QED) is 0.640. The lowest BCUT2D eigenvalue weighted by molar-refractivity contribution is 0.375. The fourth-order valence-corrected chi connectivity index (χ4v) is 1.43. The molecule has 0 radical (unpaired) electrons. The Morgan fingerprint density at radius 2 is 2.27 bits per heavy atom. The summed E-state index contributed by atoms with van der Waals surface area (Å²) in [5.41, 5.74) is 0. The summed E-state index contributed by atoms with van der Waals surface area (Å²) in [4.78, 5) is 4.02. The van der Waals surface area contributed by atoms with Gasteiger partial charge in [-0.25, -0.2) is 0 Å². The maximum absolute atomic E-state index is 5.79. The number of alkyl halides is 2. The minimum atomic E-state index is -0.668. The minimum absolute atomic E-state index is 0.0343. The molecule has 1 aliphatic rings. The van der Waals surface area contributed by atoms with Crippen molar-refractivity contribution in [1.82, 2.24) is 10.1 Å². The first-order chi connectivity index (χ1) is 5.09. The molecule has 3 nitrogen and oxygen atoms in total. The molecule has 0 saturated heterocycles. The van der Waals surface area contributed by atoms with Crippen molar-refractivity contribution >= 4 is 23.2 Å². The van der Waals surface area contributed by atoms with Crippen LogP contribution in [0, 0.1) is 6.92 Å². The van der Waals surface area contributed by atoms with E-state index in [1.165, 1.54) is 0 Å². The zero-order chi connectivity index (χ0) is 8.06. The van der Waals surface area contributed by atoms with Crippen molar-refractivity contribution in [2.45, 2.75) is 23.6 Å². The second-order valence-electron chi connectivity index (χ2n) is 2.70. The summed E-state index contributed by atoms with van der Waals surface area (Å²) in [7, 11) is 0. The Kier molecular flexibility index (Phi) is 1.41. The summed E-state index contributed by atoms with van der Waals surface area (Å²) in [6, 6.07) is 0. The topological polar surface area (TPSA) is 38.9 Å². The van der Waals surface area contributed by atoms with Crippen LogP contribution in [-0.4, -0.2) is 14.5 Å². The summed E-state index contributed by atoms with van der Waals surface area (Å²) < 4.78 is 4.23. The van der Waals surface area contributed by atoms with Gasteiger partial charge in [0.25, 0.3) is 0 Å². The molecule has 60 valence electrons. The van der Waals surface area contributed by atoms with Crippen molar-refractivity contribution in [2.24, 2.45) is 0 Å². The molecule has 1 fully saturated rings. The van der Waals surface area contributed by atoms with Gasteiger partial charge in [0.2, 0.25) is 5.89 Å². The normalized spacial score (nSPS) is 27.0. The van der Waals surface area contributed by atoms with Crippen LogP contribution < -0.4 is 0 Å². The molecular formula is C6H6Cl2N2O. The third-order valence-electron chi connectivity index (χ3n) is 1.67. The van der Waals surface area contributed by atoms with Gasteiger partial charge in [-0.2, -0.15) is 4.98 Å². The Bertz CT molecular complexity index is 284. The smallest absolute Gasteiger partial charge is 0.232 e. The van der Waals surface area contributed by atoms with Crippen LogP contribution in [0.5, 0.6) is 0 Å². The van der Waals surface area contributed by atoms with Crippen LogP contribution in [0.15, 0.2) is 4.52 Å². The molecule has 0 aromatic carbocycles. The highest BCUT2D eigenvalue weighted by Gasteiger charge is 2.56. The molecule has 2 rings (SSSR count). The highest BCUT2D eigenvalue weighted by Crippen LogP contribution is 2.58. The molecule has 0 N–H and O–H groups in total. The number of hydrogen-bond acceptors (Lipinski definition) is 3. The van der Waals surface area contributed by atoms with E-state index in [2.05, 4.69) is 10.1 Å². The van der Waals surface area contributed by atoms with E-state index in [1.807, 2.05) is 0 Å². The van der Waals surface area contributed by atoms with Gasteiger partial charge in [0.15, 0.2) is 5.82 Å². The van der Waals surface area contributed by atoms with E-state index in [4.69, 9.17) is 27.7 Å². The van der Waals surface area contributed by atoms with Crippen LogP contribution >= 0.6 is 23.2 Å². The Morgan fingerprint density at radius 3 is 2.64 bits per heavy atom. The molecule has 1 aromatic heterocycles. The fraction of sp³-hybridized carbons (Fsp3) is 0.667. The number of rotatable bonds is 1. The van der Waals surface area contributed by atoms with Gasteiger partial charge in [-0.3, -0.25) is 0 Å². The zero-order valence-corrected chi connectivity index (χ0v) is 7.35. The summed E-state index contributed by atoms with van der Waals surface area (Å²) in [6.07, 6.45) is 0.706. The standard InChI is InChI=1S/C6H6Cl2N2O/c1-3-9-5(11-10-3)4-2-6(4,7)8/h4H,2H2,1H3.